The zero-order valence-corrected chi connectivity index (χ0v) is 23.4. The first kappa shape index (κ1) is 30.1. The molecular formula is C28H38ClN3O5. The molecule has 0 saturated heterocycles. The second-order valence-corrected chi connectivity index (χ2v) is 10.5. The molecule has 0 fully saturated rings. The summed E-state index contributed by atoms with van der Waals surface area (Å²) in [5.74, 6) is -1.06. The van der Waals surface area contributed by atoms with Crippen LogP contribution in [0.15, 0.2) is 36.4 Å². The Balaban J connectivity index is 2.54. The molecule has 0 spiro atoms. The minimum Gasteiger partial charge on any atom is -0.444 e. The topological polar surface area (TPSA) is 108 Å². The van der Waals surface area contributed by atoms with Gasteiger partial charge in [-0.2, -0.15) is 0 Å². The number of para-hydroxylation sites is 1. The van der Waals surface area contributed by atoms with Crippen LogP contribution in [-0.4, -0.2) is 52.7 Å². The Kier molecular flexibility index (Phi) is 10.5. The molecule has 9 heteroatoms. The first-order valence-electron chi connectivity index (χ1n) is 12.3. The van der Waals surface area contributed by atoms with Gasteiger partial charge in [-0.15, -0.1) is 0 Å². The van der Waals surface area contributed by atoms with Gasteiger partial charge in [-0.3, -0.25) is 9.59 Å². The number of carbonyl (C=O) groups excluding carboxylic acids is 3. The van der Waals surface area contributed by atoms with Crippen molar-refractivity contribution in [3.63, 3.8) is 0 Å². The van der Waals surface area contributed by atoms with Crippen LogP contribution in [0.2, 0.25) is 5.02 Å². The van der Waals surface area contributed by atoms with E-state index in [0.717, 1.165) is 16.7 Å². The number of anilines is 1. The van der Waals surface area contributed by atoms with E-state index in [4.69, 9.17) is 16.3 Å². The fourth-order valence-corrected chi connectivity index (χ4v) is 4.20. The highest BCUT2D eigenvalue weighted by molar-refractivity contribution is 6.34. The number of amides is 3. The van der Waals surface area contributed by atoms with Gasteiger partial charge in [-0.05, 0) is 70.7 Å². The summed E-state index contributed by atoms with van der Waals surface area (Å²) in [6, 6.07) is 8.64. The average Bonchev–Trinajstić information content (AvgIpc) is 2.80. The SMILES string of the molecule is CCCN(C(=O)C(CO)NC(=O)OC(C)(C)C)C(C(=O)Nc1c(C)cccc1Cl)c1cc(C)ccc1C. The number of aryl methyl sites for hydroxylation is 3. The van der Waals surface area contributed by atoms with Gasteiger partial charge < -0.3 is 25.4 Å². The van der Waals surface area contributed by atoms with Crippen LogP contribution in [0.25, 0.3) is 0 Å². The van der Waals surface area contributed by atoms with Crippen molar-refractivity contribution in [3.8, 4) is 0 Å². The lowest BCUT2D eigenvalue weighted by atomic mass is 9.96. The van der Waals surface area contributed by atoms with Crippen LogP contribution >= 0.6 is 11.6 Å². The zero-order valence-electron chi connectivity index (χ0n) is 22.6. The minimum absolute atomic E-state index is 0.207. The molecule has 0 aromatic heterocycles. The Hall–Kier alpha value is -3.10. The average molecular weight is 532 g/mol. The summed E-state index contributed by atoms with van der Waals surface area (Å²) in [4.78, 5) is 41.4. The number of hydrogen-bond donors (Lipinski definition) is 3. The maximum atomic E-state index is 13.9. The monoisotopic (exact) mass is 531 g/mol. The molecule has 0 aliphatic carbocycles. The maximum absolute atomic E-state index is 13.9. The van der Waals surface area contributed by atoms with Gasteiger partial charge in [0.05, 0.1) is 17.3 Å². The molecule has 37 heavy (non-hydrogen) atoms. The van der Waals surface area contributed by atoms with Crippen molar-refractivity contribution < 1.29 is 24.2 Å². The van der Waals surface area contributed by atoms with Crippen molar-refractivity contribution in [2.45, 2.75) is 72.6 Å². The van der Waals surface area contributed by atoms with Gasteiger partial charge in [-0.25, -0.2) is 4.79 Å². The van der Waals surface area contributed by atoms with E-state index >= 15 is 0 Å². The van der Waals surface area contributed by atoms with Crippen molar-refractivity contribution >= 4 is 35.2 Å². The maximum Gasteiger partial charge on any atom is 0.408 e. The standard InChI is InChI=1S/C28H38ClN3O5/c1-8-14-32(26(35)22(16-33)30-27(36)37-28(5,6)7)24(20-15-17(2)12-13-18(20)3)25(34)31-23-19(4)10-9-11-21(23)29/h9-13,15,22,24,33H,8,14,16H2,1-7H3,(H,30,36)(H,31,34). The molecule has 2 atom stereocenters. The molecule has 0 saturated carbocycles. The summed E-state index contributed by atoms with van der Waals surface area (Å²) in [6.45, 7) is 12.1. The number of ether oxygens (including phenoxy) is 1. The van der Waals surface area contributed by atoms with E-state index in [-0.39, 0.29) is 6.54 Å². The smallest absolute Gasteiger partial charge is 0.408 e. The van der Waals surface area contributed by atoms with E-state index in [2.05, 4.69) is 10.6 Å². The number of nitrogens with zero attached hydrogens (tertiary/aromatic N) is 1. The third kappa shape index (κ3) is 8.20. The number of rotatable bonds is 9. The van der Waals surface area contributed by atoms with Crippen LogP contribution in [0.5, 0.6) is 0 Å². The van der Waals surface area contributed by atoms with E-state index in [0.29, 0.717) is 22.7 Å². The normalized spacial score (nSPS) is 12.9. The van der Waals surface area contributed by atoms with Crippen molar-refractivity contribution in [1.82, 2.24) is 10.2 Å². The fourth-order valence-electron chi connectivity index (χ4n) is 3.93. The van der Waals surface area contributed by atoms with Crippen molar-refractivity contribution in [2.75, 3.05) is 18.5 Å². The van der Waals surface area contributed by atoms with E-state index in [1.54, 1.807) is 32.9 Å². The summed E-state index contributed by atoms with van der Waals surface area (Å²) in [5, 5.41) is 15.8. The molecule has 2 aromatic rings. The molecule has 0 bridgehead atoms. The highest BCUT2D eigenvalue weighted by Crippen LogP contribution is 2.31. The molecule has 2 aromatic carbocycles. The van der Waals surface area contributed by atoms with Crippen molar-refractivity contribution in [2.24, 2.45) is 0 Å². The summed E-state index contributed by atoms with van der Waals surface area (Å²) >= 11 is 6.38. The second-order valence-electron chi connectivity index (χ2n) is 10.1. The molecule has 3 amide bonds. The van der Waals surface area contributed by atoms with Gasteiger partial charge in [0.2, 0.25) is 5.91 Å². The Labute approximate surface area is 224 Å². The number of benzene rings is 2. The zero-order chi connectivity index (χ0) is 27.9. The van der Waals surface area contributed by atoms with Crippen LogP contribution in [0.3, 0.4) is 0 Å². The predicted molar refractivity (Wildman–Crippen MR) is 146 cm³/mol. The van der Waals surface area contributed by atoms with Gasteiger partial charge in [0.1, 0.15) is 17.7 Å². The van der Waals surface area contributed by atoms with E-state index in [1.807, 2.05) is 52.0 Å². The molecule has 8 nitrogen and oxygen atoms in total. The minimum atomic E-state index is -1.30. The molecule has 0 heterocycles. The summed E-state index contributed by atoms with van der Waals surface area (Å²) in [6.07, 6.45) is -0.299. The number of halogens is 1. The summed E-state index contributed by atoms with van der Waals surface area (Å²) < 4.78 is 5.27. The Morgan fingerprint density at radius 2 is 1.76 bits per heavy atom. The molecule has 0 radical (unpaired) electrons. The van der Waals surface area contributed by atoms with Crippen LogP contribution in [-0.2, 0) is 14.3 Å². The number of aliphatic hydroxyl groups excluding tert-OH is 1. The highest BCUT2D eigenvalue weighted by atomic mass is 35.5. The quantitative estimate of drug-likeness (QED) is 0.418. The molecule has 3 N–H and O–H groups in total. The number of hydrogen-bond acceptors (Lipinski definition) is 5. The molecule has 0 aliphatic heterocycles. The summed E-state index contributed by atoms with van der Waals surface area (Å²) in [5.41, 5.74) is 2.81. The molecule has 2 unspecified atom stereocenters. The van der Waals surface area contributed by atoms with Gasteiger partial charge in [0.15, 0.2) is 0 Å². The second kappa shape index (κ2) is 12.9. The lowest BCUT2D eigenvalue weighted by molar-refractivity contribution is -0.141. The van der Waals surface area contributed by atoms with Gasteiger partial charge in [-0.1, -0.05) is 54.4 Å². The molecule has 0 aliphatic rings. The van der Waals surface area contributed by atoms with Crippen molar-refractivity contribution in [1.29, 1.82) is 0 Å². The van der Waals surface area contributed by atoms with E-state index in [9.17, 15) is 19.5 Å². The number of alkyl carbamates (subject to hydrolysis) is 1. The summed E-state index contributed by atoms with van der Waals surface area (Å²) in [7, 11) is 0. The number of carbonyl (C=O) groups is 3. The Morgan fingerprint density at radius 1 is 1.08 bits per heavy atom. The Morgan fingerprint density at radius 3 is 2.32 bits per heavy atom. The van der Waals surface area contributed by atoms with Crippen LogP contribution in [0, 0.1) is 20.8 Å². The van der Waals surface area contributed by atoms with E-state index in [1.165, 1.54) is 4.90 Å². The van der Waals surface area contributed by atoms with Crippen LogP contribution < -0.4 is 10.6 Å². The van der Waals surface area contributed by atoms with Crippen LogP contribution in [0.1, 0.15) is 62.4 Å². The van der Waals surface area contributed by atoms with Crippen molar-refractivity contribution in [3.05, 3.63) is 63.7 Å². The first-order chi connectivity index (χ1) is 17.3. The number of aliphatic hydroxyl groups is 1. The molecular weight excluding hydrogens is 494 g/mol. The lowest BCUT2D eigenvalue weighted by Crippen LogP contribution is -2.54. The molecule has 2 rings (SSSR count). The molecule has 202 valence electrons. The predicted octanol–water partition coefficient (Wildman–Crippen LogP) is 5.07. The van der Waals surface area contributed by atoms with Gasteiger partial charge in [0, 0.05) is 6.54 Å². The van der Waals surface area contributed by atoms with Crippen LogP contribution in [0.4, 0.5) is 10.5 Å². The van der Waals surface area contributed by atoms with Gasteiger partial charge in [0.25, 0.3) is 5.91 Å². The third-order valence-electron chi connectivity index (χ3n) is 5.68. The fraction of sp³-hybridized carbons (Fsp3) is 0.464. The van der Waals surface area contributed by atoms with Gasteiger partial charge >= 0.3 is 6.09 Å². The number of nitrogens with one attached hydrogen (secondary N) is 2. The highest BCUT2D eigenvalue weighted by Gasteiger charge is 2.36. The van der Waals surface area contributed by atoms with E-state index < -0.39 is 42.2 Å². The Bertz CT molecular complexity index is 1110. The lowest BCUT2D eigenvalue weighted by Gasteiger charge is -2.34. The largest absolute Gasteiger partial charge is 0.444 e. The third-order valence-corrected chi connectivity index (χ3v) is 5.99. The first-order valence-corrected chi connectivity index (χ1v) is 12.7.